The highest BCUT2D eigenvalue weighted by Gasteiger charge is 2.34. The van der Waals surface area contributed by atoms with E-state index in [0.717, 1.165) is 19.3 Å². The number of allylic oxidation sites excluding steroid dienone is 5. The molecule has 0 bridgehead atoms. The summed E-state index contributed by atoms with van der Waals surface area (Å²) < 4.78 is 2.67. The Morgan fingerprint density at radius 1 is 0.490 bits per heavy atom. The molecule has 232 valence electrons. The van der Waals surface area contributed by atoms with Crippen molar-refractivity contribution in [1.82, 2.24) is 4.57 Å². The van der Waals surface area contributed by atoms with Crippen molar-refractivity contribution in [1.29, 1.82) is 0 Å². The summed E-state index contributed by atoms with van der Waals surface area (Å²) in [6, 6.07) is 51.9. The molecule has 1 aromatic heterocycles. The standard InChI is InChI=1S/C48H35N/c1-3-13-32(14-4-1)38-27-39(33-15-5-2-6-16-33)29-40(28-38)36-19-11-17-34(25-36)35-18-12-20-37(26-35)41-30-44-42-21-7-9-23-46(42)49-47-24-10-8-22-43(47)45(31-41)48(44)49/h1-9,11-22,25-31,46H,10,23-24H2. The van der Waals surface area contributed by atoms with E-state index in [4.69, 9.17) is 0 Å². The van der Waals surface area contributed by atoms with Gasteiger partial charge < -0.3 is 4.57 Å². The predicted molar refractivity (Wildman–Crippen MR) is 207 cm³/mol. The first-order chi connectivity index (χ1) is 24.3. The molecule has 7 aromatic rings. The van der Waals surface area contributed by atoms with E-state index in [9.17, 15) is 0 Å². The van der Waals surface area contributed by atoms with E-state index in [1.807, 2.05) is 0 Å². The zero-order valence-electron chi connectivity index (χ0n) is 27.3. The summed E-state index contributed by atoms with van der Waals surface area (Å²) in [6.07, 6.45) is 15.0. The summed E-state index contributed by atoms with van der Waals surface area (Å²) >= 11 is 0. The molecule has 0 saturated carbocycles. The monoisotopic (exact) mass is 625 g/mol. The van der Waals surface area contributed by atoms with Crippen molar-refractivity contribution in [3.8, 4) is 55.6 Å². The summed E-state index contributed by atoms with van der Waals surface area (Å²) in [5, 5.41) is 1.40. The first-order valence-electron chi connectivity index (χ1n) is 17.5. The van der Waals surface area contributed by atoms with Gasteiger partial charge in [0, 0.05) is 22.2 Å². The fourth-order valence-electron chi connectivity index (χ4n) is 8.39. The Balaban J connectivity index is 1.07. The van der Waals surface area contributed by atoms with Crippen molar-refractivity contribution in [2.24, 2.45) is 0 Å². The molecule has 1 heteroatoms. The number of rotatable bonds is 5. The number of hydrogen-bond donors (Lipinski definition) is 0. The van der Waals surface area contributed by atoms with E-state index in [-0.39, 0.29) is 0 Å². The second-order valence-electron chi connectivity index (χ2n) is 13.6. The molecule has 3 aliphatic rings. The van der Waals surface area contributed by atoms with Crippen LogP contribution in [-0.4, -0.2) is 4.57 Å². The molecule has 0 spiro atoms. The molecule has 0 amide bonds. The van der Waals surface area contributed by atoms with Gasteiger partial charge in [0.15, 0.2) is 0 Å². The highest BCUT2D eigenvalue weighted by atomic mass is 15.1. The number of aromatic nitrogens is 1. The first kappa shape index (κ1) is 28.1. The molecule has 0 saturated heterocycles. The van der Waals surface area contributed by atoms with Crippen LogP contribution in [0.5, 0.6) is 0 Å². The first-order valence-corrected chi connectivity index (χ1v) is 17.5. The Bertz CT molecular complexity index is 2450. The Hall–Kier alpha value is -5.92. The van der Waals surface area contributed by atoms with Crippen LogP contribution in [0.4, 0.5) is 0 Å². The van der Waals surface area contributed by atoms with Crippen LogP contribution < -0.4 is 0 Å². The van der Waals surface area contributed by atoms with Crippen molar-refractivity contribution in [3.63, 3.8) is 0 Å². The van der Waals surface area contributed by atoms with Gasteiger partial charge in [-0.25, -0.2) is 0 Å². The number of benzene rings is 6. The molecular formula is C48H35N. The van der Waals surface area contributed by atoms with E-state index < -0.39 is 0 Å². The Morgan fingerprint density at radius 2 is 1.02 bits per heavy atom. The second-order valence-corrected chi connectivity index (χ2v) is 13.6. The van der Waals surface area contributed by atoms with Gasteiger partial charge in [0.25, 0.3) is 0 Å². The highest BCUT2D eigenvalue weighted by Crippen LogP contribution is 2.51. The van der Waals surface area contributed by atoms with Gasteiger partial charge in [0.05, 0.1) is 11.6 Å². The number of hydrogen-bond acceptors (Lipinski definition) is 0. The van der Waals surface area contributed by atoms with Gasteiger partial charge in [0.2, 0.25) is 0 Å². The summed E-state index contributed by atoms with van der Waals surface area (Å²) in [5.74, 6) is 0. The van der Waals surface area contributed by atoms with Gasteiger partial charge in [0.1, 0.15) is 0 Å². The maximum Gasteiger partial charge on any atom is 0.0630 e. The fraction of sp³-hybridized carbons (Fsp3) is 0.0833. The minimum Gasteiger partial charge on any atom is -0.336 e. The third-order valence-corrected chi connectivity index (χ3v) is 10.7. The molecule has 0 fully saturated rings. The molecule has 0 N–H and O–H groups in total. The molecule has 1 nitrogen and oxygen atoms in total. The fourth-order valence-corrected chi connectivity index (χ4v) is 8.39. The SMILES string of the molecule is C1=CCC2C(=C1)c1cc(-c3cccc(-c4cccc(-c5cc(-c6ccccc6)cc(-c6ccccc6)c5)c4)c3)cc3c4c(n2c13)CCC=C4. The van der Waals surface area contributed by atoms with Crippen molar-refractivity contribution >= 4 is 22.6 Å². The van der Waals surface area contributed by atoms with Crippen molar-refractivity contribution in [2.75, 3.05) is 0 Å². The molecule has 10 rings (SSSR count). The zero-order chi connectivity index (χ0) is 32.3. The average Bonchev–Trinajstić information content (AvgIpc) is 3.70. The van der Waals surface area contributed by atoms with Crippen LogP contribution in [0.2, 0.25) is 0 Å². The summed E-state index contributed by atoms with van der Waals surface area (Å²) in [4.78, 5) is 0. The molecule has 2 aliphatic carbocycles. The van der Waals surface area contributed by atoms with Crippen LogP contribution in [0.25, 0.3) is 78.2 Å². The minimum atomic E-state index is 0.421. The van der Waals surface area contributed by atoms with Crippen LogP contribution in [-0.2, 0) is 6.42 Å². The third kappa shape index (κ3) is 4.69. The van der Waals surface area contributed by atoms with Crippen LogP contribution in [0.15, 0.2) is 164 Å². The second kappa shape index (κ2) is 11.4. The van der Waals surface area contributed by atoms with E-state index in [1.165, 1.54) is 88.9 Å². The molecule has 0 radical (unpaired) electrons. The average molecular weight is 626 g/mol. The lowest BCUT2D eigenvalue weighted by atomic mass is 9.89. The van der Waals surface area contributed by atoms with Gasteiger partial charge in [-0.3, -0.25) is 0 Å². The maximum absolute atomic E-state index is 2.67. The van der Waals surface area contributed by atoms with Crippen molar-refractivity contribution in [3.05, 3.63) is 181 Å². The molecular weight excluding hydrogens is 591 g/mol. The Kier molecular flexibility index (Phi) is 6.52. The van der Waals surface area contributed by atoms with Crippen molar-refractivity contribution in [2.45, 2.75) is 25.3 Å². The van der Waals surface area contributed by atoms with Gasteiger partial charge in [-0.15, -0.1) is 0 Å². The molecule has 2 heterocycles. The lowest BCUT2D eigenvalue weighted by Gasteiger charge is -2.21. The van der Waals surface area contributed by atoms with Gasteiger partial charge in [-0.1, -0.05) is 127 Å². The van der Waals surface area contributed by atoms with E-state index in [0.29, 0.717) is 6.04 Å². The molecule has 49 heavy (non-hydrogen) atoms. The smallest absolute Gasteiger partial charge is 0.0630 e. The predicted octanol–water partition coefficient (Wildman–Crippen LogP) is 12.8. The summed E-state index contributed by atoms with van der Waals surface area (Å²) in [5.41, 5.74) is 19.6. The van der Waals surface area contributed by atoms with Gasteiger partial charge >= 0.3 is 0 Å². The third-order valence-electron chi connectivity index (χ3n) is 10.7. The maximum atomic E-state index is 2.67. The Labute approximate surface area is 287 Å². The van der Waals surface area contributed by atoms with Crippen LogP contribution >= 0.6 is 0 Å². The lowest BCUT2D eigenvalue weighted by Crippen LogP contribution is -2.10. The van der Waals surface area contributed by atoms with E-state index >= 15 is 0 Å². The number of nitrogens with zero attached hydrogens (tertiary/aromatic N) is 1. The van der Waals surface area contributed by atoms with Crippen LogP contribution in [0.1, 0.15) is 35.7 Å². The van der Waals surface area contributed by atoms with Crippen LogP contribution in [0.3, 0.4) is 0 Å². The molecule has 6 aromatic carbocycles. The lowest BCUT2D eigenvalue weighted by molar-refractivity contribution is 0.629. The minimum absolute atomic E-state index is 0.421. The van der Waals surface area contributed by atoms with E-state index in [2.05, 4.69) is 174 Å². The normalized spacial score (nSPS) is 15.7. The van der Waals surface area contributed by atoms with E-state index in [1.54, 1.807) is 0 Å². The Morgan fingerprint density at radius 3 is 1.65 bits per heavy atom. The summed E-state index contributed by atoms with van der Waals surface area (Å²) in [7, 11) is 0. The van der Waals surface area contributed by atoms with Gasteiger partial charge in [-0.2, -0.15) is 0 Å². The largest absolute Gasteiger partial charge is 0.336 e. The molecule has 1 unspecified atom stereocenters. The highest BCUT2D eigenvalue weighted by molar-refractivity contribution is 6.05. The van der Waals surface area contributed by atoms with Crippen molar-refractivity contribution < 1.29 is 0 Å². The topological polar surface area (TPSA) is 4.93 Å². The summed E-state index contributed by atoms with van der Waals surface area (Å²) in [6.45, 7) is 0. The zero-order valence-corrected chi connectivity index (χ0v) is 27.3. The molecule has 1 atom stereocenters. The van der Waals surface area contributed by atoms with Crippen LogP contribution in [0, 0.1) is 0 Å². The van der Waals surface area contributed by atoms with Gasteiger partial charge in [-0.05, 0) is 123 Å². The quantitative estimate of drug-likeness (QED) is 0.179. The molecule has 1 aliphatic heterocycles. The number of fused-ring (bicyclic) bond motifs is 6.